The van der Waals surface area contributed by atoms with Gasteiger partial charge in [0.25, 0.3) is 11.8 Å². The number of amides is 2. The van der Waals surface area contributed by atoms with Gasteiger partial charge in [0.15, 0.2) is 24.7 Å². The molecule has 2 N–H and O–H groups in total. The molecule has 0 aromatic heterocycles. The number of hydrogen-bond donors (Lipinski definition) is 2. The molecule has 0 aliphatic heterocycles. The lowest BCUT2D eigenvalue weighted by Gasteiger charge is -2.13. The molecular weight excluding hydrogens is 530 g/mol. The van der Waals surface area contributed by atoms with Crippen molar-refractivity contribution in [3.05, 3.63) is 76.8 Å². The second-order valence-corrected chi connectivity index (χ2v) is 8.13. The van der Waals surface area contributed by atoms with Crippen molar-refractivity contribution in [3.63, 3.8) is 0 Å². The summed E-state index contributed by atoms with van der Waals surface area (Å²) >= 11 is 3.34. The Balaban J connectivity index is 1.53. The second-order valence-electron chi connectivity index (χ2n) is 7.21. The number of anilines is 1. The molecule has 3 rings (SSSR count). The van der Waals surface area contributed by atoms with Gasteiger partial charge < -0.3 is 24.3 Å². The first-order chi connectivity index (χ1) is 17.5. The average Bonchev–Trinajstić information content (AvgIpc) is 2.88. The average molecular weight is 556 g/mol. The number of nitrogens with one attached hydrogen (secondary N) is 2. The van der Waals surface area contributed by atoms with Crippen molar-refractivity contribution in [3.8, 4) is 23.0 Å². The molecule has 0 radical (unpaired) electrons. The van der Waals surface area contributed by atoms with E-state index >= 15 is 0 Å². The zero-order valence-electron chi connectivity index (χ0n) is 19.8. The van der Waals surface area contributed by atoms with Gasteiger partial charge >= 0.3 is 0 Å². The molecule has 0 bridgehead atoms. The Morgan fingerprint density at radius 2 is 1.64 bits per heavy atom. The van der Waals surface area contributed by atoms with Crippen LogP contribution >= 0.6 is 15.9 Å². The van der Waals surface area contributed by atoms with E-state index in [1.54, 1.807) is 48.5 Å². The van der Waals surface area contributed by atoms with Gasteiger partial charge in [-0.25, -0.2) is 5.43 Å². The van der Waals surface area contributed by atoms with Gasteiger partial charge in [-0.15, -0.1) is 0 Å². The molecule has 0 heterocycles. The monoisotopic (exact) mass is 555 g/mol. The van der Waals surface area contributed by atoms with Gasteiger partial charge in [0.1, 0.15) is 11.5 Å². The van der Waals surface area contributed by atoms with Crippen molar-refractivity contribution >= 4 is 39.6 Å². The predicted octanol–water partition coefficient (Wildman–Crippen LogP) is 4.40. The molecule has 0 fully saturated rings. The van der Waals surface area contributed by atoms with Crippen LogP contribution in [-0.2, 0) is 9.59 Å². The van der Waals surface area contributed by atoms with Gasteiger partial charge in [-0.3, -0.25) is 9.59 Å². The minimum absolute atomic E-state index is 0.174. The molecule has 9 nitrogen and oxygen atoms in total. The summed E-state index contributed by atoms with van der Waals surface area (Å²) in [5, 5.41) is 6.70. The standard InChI is InChI=1S/C26H26BrN3O6/c1-3-34-24-14-18(15-28-30-26(32)17-35-20-11-9-19(27)10-12-20)8-13-23(24)36-16-25(31)29-21-6-4-5-7-22(21)33-2/h4-15H,3,16-17H2,1-2H3,(H,29,31)(H,30,32)/b28-15-. The Kier molecular flexibility index (Phi) is 10.1. The van der Waals surface area contributed by atoms with Crippen LogP contribution in [0.3, 0.4) is 0 Å². The van der Waals surface area contributed by atoms with Gasteiger partial charge in [-0.1, -0.05) is 28.1 Å². The molecule has 188 valence electrons. The number of rotatable bonds is 12. The SMILES string of the molecule is CCOc1cc(/C=N\NC(=O)COc2ccc(Br)cc2)ccc1OCC(=O)Nc1ccccc1OC. The van der Waals surface area contributed by atoms with Crippen LogP contribution in [-0.4, -0.2) is 45.0 Å². The predicted molar refractivity (Wildman–Crippen MR) is 140 cm³/mol. The number of halogens is 1. The lowest BCUT2D eigenvalue weighted by atomic mass is 10.2. The highest BCUT2D eigenvalue weighted by atomic mass is 79.9. The van der Waals surface area contributed by atoms with Gasteiger partial charge in [0, 0.05) is 4.47 Å². The second kappa shape index (κ2) is 13.7. The number of ether oxygens (including phenoxy) is 4. The molecule has 36 heavy (non-hydrogen) atoms. The lowest BCUT2D eigenvalue weighted by molar-refractivity contribution is -0.123. The topological polar surface area (TPSA) is 107 Å². The normalized spacial score (nSPS) is 10.5. The Bertz CT molecular complexity index is 1200. The number of hydrazone groups is 1. The summed E-state index contributed by atoms with van der Waals surface area (Å²) in [5.41, 5.74) is 3.63. The van der Waals surface area contributed by atoms with E-state index in [4.69, 9.17) is 18.9 Å². The number of methoxy groups -OCH3 is 1. The van der Waals surface area contributed by atoms with Crippen molar-refractivity contribution in [1.82, 2.24) is 5.43 Å². The van der Waals surface area contributed by atoms with E-state index in [0.717, 1.165) is 4.47 Å². The number of benzene rings is 3. The van der Waals surface area contributed by atoms with Gasteiger partial charge in [0.05, 0.1) is 25.6 Å². The molecular formula is C26H26BrN3O6. The summed E-state index contributed by atoms with van der Waals surface area (Å²) in [5.74, 6) is 1.22. The zero-order valence-corrected chi connectivity index (χ0v) is 21.4. The summed E-state index contributed by atoms with van der Waals surface area (Å²) in [7, 11) is 1.53. The fraction of sp³-hybridized carbons (Fsp3) is 0.192. The third kappa shape index (κ3) is 8.31. The highest BCUT2D eigenvalue weighted by Crippen LogP contribution is 2.28. The maximum Gasteiger partial charge on any atom is 0.277 e. The summed E-state index contributed by atoms with van der Waals surface area (Å²) in [6.07, 6.45) is 1.47. The quantitative estimate of drug-likeness (QED) is 0.253. The van der Waals surface area contributed by atoms with Gasteiger partial charge in [-0.2, -0.15) is 5.10 Å². The highest BCUT2D eigenvalue weighted by Gasteiger charge is 2.11. The van der Waals surface area contributed by atoms with E-state index < -0.39 is 5.91 Å². The number of hydrogen-bond acceptors (Lipinski definition) is 7. The van der Waals surface area contributed by atoms with Crippen LogP contribution in [0.1, 0.15) is 12.5 Å². The van der Waals surface area contributed by atoms with Gasteiger partial charge in [0.2, 0.25) is 0 Å². The van der Waals surface area contributed by atoms with Crippen LogP contribution in [0.5, 0.6) is 23.0 Å². The number of carbonyl (C=O) groups excluding carboxylic acids is 2. The molecule has 0 unspecified atom stereocenters. The van der Waals surface area contributed by atoms with Crippen LogP contribution in [0.4, 0.5) is 5.69 Å². The molecule has 3 aromatic rings. The summed E-state index contributed by atoms with van der Waals surface area (Å²) in [6.45, 7) is 1.84. The Morgan fingerprint density at radius 1 is 0.889 bits per heavy atom. The van der Waals surface area contributed by atoms with Crippen LogP contribution in [0.25, 0.3) is 0 Å². The van der Waals surface area contributed by atoms with Crippen LogP contribution in [0.15, 0.2) is 76.3 Å². The molecule has 0 aliphatic rings. The van der Waals surface area contributed by atoms with Gasteiger partial charge in [-0.05, 0) is 67.1 Å². The van der Waals surface area contributed by atoms with E-state index in [0.29, 0.717) is 40.9 Å². The molecule has 2 amide bonds. The first kappa shape index (κ1) is 26.6. The number of para-hydroxylation sites is 2. The van der Waals surface area contributed by atoms with Crippen LogP contribution in [0.2, 0.25) is 0 Å². The number of nitrogens with zero attached hydrogens (tertiary/aromatic N) is 1. The molecule has 0 saturated carbocycles. The summed E-state index contributed by atoms with van der Waals surface area (Å²) in [6, 6.07) is 19.3. The molecule has 10 heteroatoms. The van der Waals surface area contributed by atoms with E-state index in [9.17, 15) is 9.59 Å². The van der Waals surface area contributed by atoms with Crippen molar-refractivity contribution in [1.29, 1.82) is 0 Å². The minimum atomic E-state index is -0.403. The van der Waals surface area contributed by atoms with Crippen LogP contribution < -0.4 is 29.7 Å². The molecule has 0 atom stereocenters. The van der Waals surface area contributed by atoms with E-state index in [-0.39, 0.29) is 19.1 Å². The highest BCUT2D eigenvalue weighted by molar-refractivity contribution is 9.10. The molecule has 3 aromatic carbocycles. The third-order valence-electron chi connectivity index (χ3n) is 4.59. The number of carbonyl (C=O) groups is 2. The fourth-order valence-corrected chi connectivity index (χ4v) is 3.23. The Hall–Kier alpha value is -4.05. The fourth-order valence-electron chi connectivity index (χ4n) is 2.96. The first-order valence-corrected chi connectivity index (χ1v) is 11.8. The van der Waals surface area contributed by atoms with Crippen molar-refractivity contribution in [2.75, 3.05) is 32.2 Å². The van der Waals surface area contributed by atoms with Crippen molar-refractivity contribution < 1.29 is 28.5 Å². The van der Waals surface area contributed by atoms with Crippen molar-refractivity contribution in [2.45, 2.75) is 6.92 Å². The lowest BCUT2D eigenvalue weighted by Crippen LogP contribution is -2.24. The van der Waals surface area contributed by atoms with E-state index in [1.807, 2.05) is 25.1 Å². The first-order valence-electron chi connectivity index (χ1n) is 11.0. The summed E-state index contributed by atoms with van der Waals surface area (Å²) in [4.78, 5) is 24.3. The maximum absolute atomic E-state index is 12.3. The largest absolute Gasteiger partial charge is 0.495 e. The van der Waals surface area contributed by atoms with Crippen LogP contribution in [0, 0.1) is 0 Å². The molecule has 0 saturated heterocycles. The Labute approximate surface area is 217 Å². The zero-order chi connectivity index (χ0) is 25.8. The Morgan fingerprint density at radius 3 is 2.39 bits per heavy atom. The molecule has 0 aliphatic carbocycles. The third-order valence-corrected chi connectivity index (χ3v) is 5.12. The minimum Gasteiger partial charge on any atom is -0.495 e. The van der Waals surface area contributed by atoms with E-state index in [1.165, 1.54) is 13.3 Å². The summed E-state index contributed by atoms with van der Waals surface area (Å²) < 4.78 is 22.9. The maximum atomic E-state index is 12.3. The smallest absolute Gasteiger partial charge is 0.277 e. The van der Waals surface area contributed by atoms with E-state index in [2.05, 4.69) is 31.8 Å². The molecule has 0 spiro atoms. The van der Waals surface area contributed by atoms with Crippen molar-refractivity contribution in [2.24, 2.45) is 5.10 Å².